The fourth-order valence-electron chi connectivity index (χ4n) is 2.12. The molecular formula is C13H7F3N6OS2. The van der Waals surface area contributed by atoms with E-state index in [0.29, 0.717) is 27.9 Å². The van der Waals surface area contributed by atoms with Crippen LogP contribution < -0.4 is 4.74 Å². The molecule has 0 saturated heterocycles. The van der Waals surface area contributed by atoms with Crippen LogP contribution in [0.15, 0.2) is 29.6 Å². The number of hydrogen-bond acceptors (Lipinski definition) is 8. The Morgan fingerprint density at radius 3 is 2.56 bits per heavy atom. The number of nitrogens with zero attached hydrogens (tertiary/aromatic N) is 6. The number of halogens is 3. The van der Waals surface area contributed by atoms with Crippen molar-refractivity contribution in [1.29, 1.82) is 0 Å². The predicted octanol–water partition coefficient (Wildman–Crippen LogP) is 3.19. The number of alkyl halides is 3. The maximum absolute atomic E-state index is 12.2. The summed E-state index contributed by atoms with van der Waals surface area (Å²) in [6.07, 6.45) is -4.34. The van der Waals surface area contributed by atoms with Crippen LogP contribution in [0.3, 0.4) is 0 Å². The summed E-state index contributed by atoms with van der Waals surface area (Å²) in [6.45, 7) is 0. The molecule has 128 valence electrons. The fourth-order valence-corrected chi connectivity index (χ4v) is 3.45. The van der Waals surface area contributed by atoms with E-state index in [0.717, 1.165) is 5.56 Å². The Morgan fingerprint density at radius 1 is 1.08 bits per heavy atom. The predicted molar refractivity (Wildman–Crippen MR) is 83.5 cm³/mol. The zero-order chi connectivity index (χ0) is 17.4. The van der Waals surface area contributed by atoms with Crippen molar-refractivity contribution >= 4 is 27.8 Å². The molecule has 0 amide bonds. The minimum Gasteiger partial charge on any atom is -0.406 e. The SMILES string of the molecule is FC(F)(F)Oc1ccc(Cc2nnc3sc(-c4csnn4)nn23)cc1. The molecule has 0 aliphatic carbocycles. The van der Waals surface area contributed by atoms with Crippen LogP contribution in [0.2, 0.25) is 0 Å². The molecule has 3 aromatic heterocycles. The van der Waals surface area contributed by atoms with Crippen molar-refractivity contribution in [2.24, 2.45) is 0 Å². The van der Waals surface area contributed by atoms with Crippen LogP contribution in [-0.2, 0) is 6.42 Å². The maximum atomic E-state index is 12.2. The van der Waals surface area contributed by atoms with Gasteiger partial charge in [0.05, 0.1) is 0 Å². The van der Waals surface area contributed by atoms with Crippen LogP contribution in [0.4, 0.5) is 13.2 Å². The highest BCUT2D eigenvalue weighted by Crippen LogP contribution is 2.26. The van der Waals surface area contributed by atoms with Crippen molar-refractivity contribution in [2.45, 2.75) is 12.8 Å². The number of fused-ring (bicyclic) bond motifs is 1. The monoisotopic (exact) mass is 384 g/mol. The van der Waals surface area contributed by atoms with Crippen LogP contribution in [-0.4, -0.2) is 35.8 Å². The van der Waals surface area contributed by atoms with Crippen molar-refractivity contribution in [1.82, 2.24) is 29.4 Å². The standard InChI is InChI=1S/C13H7F3N6OS2/c14-13(15,16)23-8-3-1-7(2-4-8)5-10-18-19-12-22(10)20-11(25-12)9-6-24-21-17-9/h1-4,6H,5H2. The molecule has 25 heavy (non-hydrogen) atoms. The lowest BCUT2D eigenvalue weighted by Crippen LogP contribution is -2.17. The van der Waals surface area contributed by atoms with Gasteiger partial charge in [0.25, 0.3) is 0 Å². The zero-order valence-electron chi connectivity index (χ0n) is 12.1. The Kier molecular flexibility index (Phi) is 3.84. The summed E-state index contributed by atoms with van der Waals surface area (Å²) in [4.78, 5) is 0.607. The molecule has 0 N–H and O–H groups in total. The molecule has 0 saturated carbocycles. The highest BCUT2D eigenvalue weighted by atomic mass is 32.1. The third-order valence-corrected chi connectivity index (χ3v) is 4.58. The van der Waals surface area contributed by atoms with E-state index in [1.54, 1.807) is 22.0 Å². The lowest BCUT2D eigenvalue weighted by atomic mass is 10.1. The summed E-state index contributed by atoms with van der Waals surface area (Å²) in [6, 6.07) is 5.60. The first-order valence-corrected chi connectivity index (χ1v) is 8.46. The molecule has 0 unspecified atom stereocenters. The molecule has 12 heteroatoms. The minimum atomic E-state index is -4.71. The van der Waals surface area contributed by atoms with Gasteiger partial charge in [-0.2, -0.15) is 9.61 Å². The highest BCUT2D eigenvalue weighted by Gasteiger charge is 2.31. The molecule has 1 aromatic carbocycles. The Hall–Kier alpha value is -2.60. The number of ether oxygens (including phenoxy) is 1. The first-order valence-electron chi connectivity index (χ1n) is 6.81. The summed E-state index contributed by atoms with van der Waals surface area (Å²) >= 11 is 2.56. The van der Waals surface area contributed by atoms with Crippen LogP contribution in [0.1, 0.15) is 11.4 Å². The average molecular weight is 384 g/mol. The van der Waals surface area contributed by atoms with Crippen LogP contribution >= 0.6 is 22.9 Å². The summed E-state index contributed by atoms with van der Waals surface area (Å²) in [5.74, 6) is 0.305. The van der Waals surface area contributed by atoms with E-state index < -0.39 is 6.36 Å². The van der Waals surface area contributed by atoms with Crippen molar-refractivity contribution in [2.75, 3.05) is 0 Å². The van der Waals surface area contributed by atoms with Gasteiger partial charge < -0.3 is 4.74 Å². The van der Waals surface area contributed by atoms with E-state index >= 15 is 0 Å². The van der Waals surface area contributed by atoms with Gasteiger partial charge in [0.2, 0.25) is 4.96 Å². The van der Waals surface area contributed by atoms with Gasteiger partial charge in [-0.1, -0.05) is 28.0 Å². The van der Waals surface area contributed by atoms with Gasteiger partial charge in [-0.25, -0.2) is 0 Å². The van der Waals surface area contributed by atoms with Crippen molar-refractivity contribution in [3.63, 3.8) is 0 Å². The second kappa shape index (κ2) is 6.04. The lowest BCUT2D eigenvalue weighted by molar-refractivity contribution is -0.274. The van der Waals surface area contributed by atoms with Gasteiger partial charge >= 0.3 is 6.36 Å². The number of hydrogen-bond donors (Lipinski definition) is 0. The highest BCUT2D eigenvalue weighted by molar-refractivity contribution is 7.20. The largest absolute Gasteiger partial charge is 0.573 e. The summed E-state index contributed by atoms with van der Waals surface area (Å²) in [5, 5.41) is 19.0. The molecule has 0 fully saturated rings. The first-order chi connectivity index (χ1) is 12.0. The van der Waals surface area contributed by atoms with E-state index in [4.69, 9.17) is 0 Å². The second-order valence-electron chi connectivity index (χ2n) is 4.88. The Labute approximate surface area is 145 Å². The van der Waals surface area contributed by atoms with E-state index in [9.17, 15) is 13.2 Å². The number of benzene rings is 1. The molecule has 4 aromatic rings. The third kappa shape index (κ3) is 3.44. The van der Waals surface area contributed by atoms with Crippen LogP contribution in [0.5, 0.6) is 5.75 Å². The van der Waals surface area contributed by atoms with Crippen molar-refractivity contribution < 1.29 is 17.9 Å². The molecule has 0 aliphatic rings. The van der Waals surface area contributed by atoms with E-state index in [-0.39, 0.29) is 5.75 Å². The first kappa shape index (κ1) is 15.9. The Balaban J connectivity index is 1.56. The summed E-state index contributed by atoms with van der Waals surface area (Å²) < 4.78 is 45.8. The topological polar surface area (TPSA) is 78.1 Å². The molecule has 0 aliphatic heterocycles. The molecule has 3 heterocycles. The van der Waals surface area contributed by atoms with Gasteiger partial charge in [-0.15, -0.1) is 28.5 Å². The number of aromatic nitrogens is 6. The van der Waals surface area contributed by atoms with E-state index in [1.807, 2.05) is 0 Å². The second-order valence-corrected chi connectivity index (χ2v) is 6.44. The fraction of sp³-hybridized carbons (Fsp3) is 0.154. The maximum Gasteiger partial charge on any atom is 0.573 e. The van der Waals surface area contributed by atoms with E-state index in [1.165, 1.54) is 35.0 Å². The summed E-state index contributed by atoms with van der Waals surface area (Å²) in [5.41, 5.74) is 1.42. The minimum absolute atomic E-state index is 0.269. The average Bonchev–Trinajstić information content (AvgIpc) is 3.25. The quantitative estimate of drug-likeness (QED) is 0.538. The van der Waals surface area contributed by atoms with Gasteiger partial charge in [-0.05, 0) is 29.2 Å². The van der Waals surface area contributed by atoms with Crippen molar-refractivity contribution in [3.05, 3.63) is 41.0 Å². The molecule has 0 spiro atoms. The van der Waals surface area contributed by atoms with Gasteiger partial charge in [0.15, 0.2) is 10.8 Å². The normalized spacial score (nSPS) is 12.0. The number of rotatable bonds is 4. The van der Waals surface area contributed by atoms with Crippen molar-refractivity contribution in [3.8, 4) is 16.5 Å². The molecule has 4 rings (SSSR count). The summed E-state index contributed by atoms with van der Waals surface area (Å²) in [7, 11) is 0. The van der Waals surface area contributed by atoms with E-state index in [2.05, 4.69) is 29.6 Å². The Morgan fingerprint density at radius 2 is 1.88 bits per heavy atom. The van der Waals surface area contributed by atoms with Crippen LogP contribution in [0, 0.1) is 0 Å². The van der Waals surface area contributed by atoms with Crippen LogP contribution in [0.25, 0.3) is 15.7 Å². The molecule has 0 atom stereocenters. The molecule has 0 bridgehead atoms. The van der Waals surface area contributed by atoms with Gasteiger partial charge in [-0.3, -0.25) is 0 Å². The Bertz CT molecular complexity index is 993. The zero-order valence-corrected chi connectivity index (χ0v) is 13.8. The smallest absolute Gasteiger partial charge is 0.406 e. The lowest BCUT2D eigenvalue weighted by Gasteiger charge is -2.08. The third-order valence-electron chi connectivity index (χ3n) is 3.15. The molecule has 7 nitrogen and oxygen atoms in total. The molecule has 0 radical (unpaired) electrons. The molecular weight excluding hydrogens is 377 g/mol. The van der Waals surface area contributed by atoms with Gasteiger partial charge in [0.1, 0.15) is 11.4 Å². The van der Waals surface area contributed by atoms with Gasteiger partial charge in [0, 0.05) is 11.8 Å².